The van der Waals surface area contributed by atoms with E-state index >= 15 is 0 Å². The molecule has 2 heteroatoms. The van der Waals surface area contributed by atoms with Gasteiger partial charge < -0.3 is 10.8 Å². The van der Waals surface area contributed by atoms with Crippen LogP contribution < -0.4 is 5.73 Å². The lowest BCUT2D eigenvalue weighted by Crippen LogP contribution is -2.47. The van der Waals surface area contributed by atoms with Crippen molar-refractivity contribution in [1.82, 2.24) is 0 Å². The summed E-state index contributed by atoms with van der Waals surface area (Å²) in [5.74, 6) is 2.61. The Hall–Kier alpha value is -0.340. The zero-order valence-corrected chi connectivity index (χ0v) is 12.8. The van der Waals surface area contributed by atoms with E-state index in [9.17, 15) is 5.11 Å². The maximum absolute atomic E-state index is 9.92. The van der Waals surface area contributed by atoms with Crippen molar-refractivity contribution in [3.63, 3.8) is 0 Å². The molecule has 0 heterocycles. The average molecular weight is 275 g/mol. The molecule has 0 spiro atoms. The Labute approximate surface area is 122 Å². The summed E-state index contributed by atoms with van der Waals surface area (Å²) in [5, 5.41) is 9.92. The smallest absolute Gasteiger partial charge is 0.0580 e. The molecule has 2 saturated carbocycles. The topological polar surface area (TPSA) is 46.2 Å². The average Bonchev–Trinajstić information content (AvgIpc) is 2.74. The zero-order chi connectivity index (χ0) is 13.9. The van der Waals surface area contributed by atoms with Gasteiger partial charge in [0.1, 0.15) is 0 Å². The Morgan fingerprint density at radius 2 is 1.95 bits per heavy atom. The predicted molar refractivity (Wildman–Crippen MR) is 81.1 cm³/mol. The van der Waals surface area contributed by atoms with E-state index < -0.39 is 0 Å². The zero-order valence-electron chi connectivity index (χ0n) is 12.8. The molecule has 0 unspecified atom stereocenters. The molecule has 0 bridgehead atoms. The molecule has 0 aliphatic heterocycles. The first-order valence-corrected chi connectivity index (χ1v) is 8.74. The fraction of sp³-hybridized carbons (Fsp3) is 0.889. The van der Waals surface area contributed by atoms with Crippen molar-refractivity contribution in [3.8, 4) is 0 Å². The van der Waals surface area contributed by atoms with Gasteiger partial charge in [-0.3, -0.25) is 0 Å². The summed E-state index contributed by atoms with van der Waals surface area (Å²) >= 11 is 0. The molecule has 20 heavy (non-hydrogen) atoms. The largest absolute Gasteiger partial charge is 0.393 e. The Bertz CT molecular complexity index is 443. The molecule has 0 saturated heterocycles. The first-order chi connectivity index (χ1) is 9.59. The second kappa shape index (κ2) is 4.58. The minimum atomic E-state index is -0.0564. The molecule has 0 radical (unpaired) electrons. The molecular formula is C18H29NO. The van der Waals surface area contributed by atoms with Crippen LogP contribution in [0.15, 0.2) is 11.1 Å². The second-order valence-electron chi connectivity index (χ2n) is 8.17. The highest BCUT2D eigenvalue weighted by atomic mass is 16.3. The van der Waals surface area contributed by atoms with Crippen LogP contribution in [0.25, 0.3) is 0 Å². The highest BCUT2D eigenvalue weighted by Gasteiger charge is 2.54. The van der Waals surface area contributed by atoms with E-state index in [4.69, 9.17) is 5.73 Å². The summed E-state index contributed by atoms with van der Waals surface area (Å²) < 4.78 is 0. The molecule has 2 nitrogen and oxygen atoms in total. The Morgan fingerprint density at radius 1 is 1.10 bits per heavy atom. The predicted octanol–water partition coefficient (Wildman–Crippen LogP) is 3.39. The molecule has 6 atom stereocenters. The van der Waals surface area contributed by atoms with Gasteiger partial charge in [-0.15, -0.1) is 0 Å². The molecule has 4 aliphatic carbocycles. The summed E-state index contributed by atoms with van der Waals surface area (Å²) in [7, 11) is 0. The normalized spacial score (nSPS) is 51.5. The van der Waals surface area contributed by atoms with E-state index in [2.05, 4.69) is 6.92 Å². The maximum atomic E-state index is 9.92. The summed E-state index contributed by atoms with van der Waals surface area (Å²) in [4.78, 5) is 0. The number of allylic oxidation sites excluding steroid dienone is 1. The van der Waals surface area contributed by atoms with Gasteiger partial charge in [-0.25, -0.2) is 0 Å². The molecule has 0 aromatic rings. The molecule has 3 N–H and O–H groups in total. The molecule has 2 fully saturated rings. The van der Waals surface area contributed by atoms with Crippen LogP contribution in [0.2, 0.25) is 0 Å². The number of rotatable bonds is 0. The van der Waals surface area contributed by atoms with Crippen molar-refractivity contribution in [2.45, 2.75) is 76.9 Å². The highest BCUT2D eigenvalue weighted by Crippen LogP contribution is 2.60. The second-order valence-corrected chi connectivity index (χ2v) is 8.17. The van der Waals surface area contributed by atoms with Crippen molar-refractivity contribution in [2.75, 3.05) is 0 Å². The van der Waals surface area contributed by atoms with Crippen molar-refractivity contribution in [3.05, 3.63) is 11.1 Å². The van der Waals surface area contributed by atoms with Crippen LogP contribution in [-0.4, -0.2) is 17.3 Å². The molecule has 0 amide bonds. The van der Waals surface area contributed by atoms with Crippen LogP contribution in [-0.2, 0) is 0 Å². The van der Waals surface area contributed by atoms with Crippen LogP contribution in [0.5, 0.6) is 0 Å². The maximum Gasteiger partial charge on any atom is 0.0580 e. The van der Waals surface area contributed by atoms with Gasteiger partial charge in [-0.1, -0.05) is 18.1 Å². The minimum absolute atomic E-state index is 0.0564. The van der Waals surface area contributed by atoms with Gasteiger partial charge in [0, 0.05) is 6.04 Å². The Kier molecular flexibility index (Phi) is 3.05. The third-order valence-electron chi connectivity index (χ3n) is 7.42. The number of hydrogen-bond donors (Lipinski definition) is 2. The van der Waals surface area contributed by atoms with E-state index in [1.807, 2.05) is 0 Å². The summed E-state index contributed by atoms with van der Waals surface area (Å²) in [6.07, 6.45) is 11.0. The summed E-state index contributed by atoms with van der Waals surface area (Å²) in [5.41, 5.74) is 10.3. The number of hydrogen-bond acceptors (Lipinski definition) is 2. The van der Waals surface area contributed by atoms with E-state index in [1.165, 1.54) is 44.9 Å². The molecule has 4 aliphatic rings. The van der Waals surface area contributed by atoms with Gasteiger partial charge in [-0.05, 0) is 81.0 Å². The third kappa shape index (κ3) is 1.77. The molecule has 0 aromatic carbocycles. The third-order valence-corrected chi connectivity index (χ3v) is 7.42. The van der Waals surface area contributed by atoms with Gasteiger partial charge in [0.2, 0.25) is 0 Å². The molecule has 0 aromatic heterocycles. The monoisotopic (exact) mass is 275 g/mol. The highest BCUT2D eigenvalue weighted by molar-refractivity contribution is 5.27. The SMILES string of the molecule is C[C@]12CC[C@@H]3C4=C(CC[C@H]3[C@@H]1CC[C@@H]2N)C[C@@H](O)CC4. The lowest BCUT2D eigenvalue weighted by Gasteiger charge is -2.52. The first-order valence-electron chi connectivity index (χ1n) is 8.74. The van der Waals surface area contributed by atoms with Gasteiger partial charge in [0.05, 0.1) is 6.10 Å². The molecular weight excluding hydrogens is 246 g/mol. The fourth-order valence-corrected chi connectivity index (χ4v) is 6.23. The Balaban J connectivity index is 1.64. The summed E-state index contributed by atoms with van der Waals surface area (Å²) in [6.45, 7) is 2.47. The minimum Gasteiger partial charge on any atom is -0.393 e. The standard InChI is InChI=1S/C18H29NO/c1-18-9-8-14-13-5-3-12(20)10-11(13)2-4-15(14)16(18)6-7-17(18)19/h12,14-17,20H,2-10,19H2,1H3/t12-,14+,15+,16-,17-,18-/m0/s1. The van der Waals surface area contributed by atoms with Crippen LogP contribution in [0.3, 0.4) is 0 Å². The van der Waals surface area contributed by atoms with Crippen LogP contribution in [0.1, 0.15) is 64.7 Å². The van der Waals surface area contributed by atoms with Crippen molar-refractivity contribution >= 4 is 0 Å². The fourth-order valence-electron chi connectivity index (χ4n) is 6.23. The van der Waals surface area contributed by atoms with E-state index in [0.717, 1.165) is 30.6 Å². The van der Waals surface area contributed by atoms with Crippen molar-refractivity contribution in [1.29, 1.82) is 0 Å². The molecule has 112 valence electrons. The van der Waals surface area contributed by atoms with Crippen LogP contribution in [0.4, 0.5) is 0 Å². The van der Waals surface area contributed by atoms with E-state index in [-0.39, 0.29) is 6.10 Å². The lowest BCUT2D eigenvalue weighted by molar-refractivity contribution is 0.0286. The van der Waals surface area contributed by atoms with Gasteiger partial charge in [0.25, 0.3) is 0 Å². The number of aliphatic hydroxyl groups is 1. The van der Waals surface area contributed by atoms with Gasteiger partial charge in [-0.2, -0.15) is 0 Å². The first kappa shape index (κ1) is 13.3. The molecule has 4 rings (SSSR count). The summed E-state index contributed by atoms with van der Waals surface area (Å²) in [6, 6.07) is 0.442. The van der Waals surface area contributed by atoms with Gasteiger partial charge in [0.15, 0.2) is 0 Å². The van der Waals surface area contributed by atoms with Crippen LogP contribution >= 0.6 is 0 Å². The number of fused-ring (bicyclic) bond motifs is 4. The van der Waals surface area contributed by atoms with Gasteiger partial charge >= 0.3 is 0 Å². The van der Waals surface area contributed by atoms with Crippen LogP contribution in [0, 0.1) is 23.2 Å². The van der Waals surface area contributed by atoms with E-state index in [1.54, 1.807) is 11.1 Å². The Morgan fingerprint density at radius 3 is 2.80 bits per heavy atom. The lowest BCUT2D eigenvalue weighted by atomic mass is 9.54. The van der Waals surface area contributed by atoms with E-state index in [0.29, 0.717) is 11.5 Å². The quantitative estimate of drug-likeness (QED) is 0.666. The number of aliphatic hydroxyl groups excluding tert-OH is 1. The van der Waals surface area contributed by atoms with Crippen molar-refractivity contribution < 1.29 is 5.11 Å². The van der Waals surface area contributed by atoms with Crippen molar-refractivity contribution in [2.24, 2.45) is 28.9 Å². The number of nitrogens with two attached hydrogens (primary N) is 1.